The van der Waals surface area contributed by atoms with Crippen molar-refractivity contribution < 1.29 is 9.53 Å². The van der Waals surface area contributed by atoms with Gasteiger partial charge in [0.25, 0.3) is 0 Å². The fourth-order valence-electron chi connectivity index (χ4n) is 4.40. The number of nitrogens with one attached hydrogen (secondary N) is 1. The fraction of sp³-hybridized carbons (Fsp3) is 0.304. The van der Waals surface area contributed by atoms with Crippen LogP contribution in [0.5, 0.6) is 5.75 Å². The summed E-state index contributed by atoms with van der Waals surface area (Å²) in [4.78, 5) is 22.3. The van der Waals surface area contributed by atoms with Crippen molar-refractivity contribution in [3.05, 3.63) is 65.6 Å². The van der Waals surface area contributed by atoms with Crippen molar-refractivity contribution in [1.29, 1.82) is 0 Å². The molecule has 1 atom stereocenters. The molecule has 1 aliphatic heterocycles. The van der Waals surface area contributed by atoms with Crippen LogP contribution in [-0.4, -0.2) is 32.6 Å². The lowest BCUT2D eigenvalue weighted by Crippen LogP contribution is -2.36. The Morgan fingerprint density at radius 3 is 2.77 bits per heavy atom. The van der Waals surface area contributed by atoms with Gasteiger partial charge in [-0.15, -0.1) is 5.10 Å². The van der Waals surface area contributed by atoms with Gasteiger partial charge >= 0.3 is 0 Å². The number of nitrogens with zero attached hydrogens (tertiary/aromatic N) is 4. The molecule has 1 aliphatic carbocycles. The van der Waals surface area contributed by atoms with Gasteiger partial charge in [0, 0.05) is 30.1 Å². The Hall–Kier alpha value is -3.48. The lowest BCUT2D eigenvalue weighted by Gasteiger charge is -2.38. The lowest BCUT2D eigenvalue weighted by molar-refractivity contribution is -0.118. The molecule has 2 aliphatic rings. The molecule has 152 valence electrons. The predicted molar refractivity (Wildman–Crippen MR) is 113 cm³/mol. The summed E-state index contributed by atoms with van der Waals surface area (Å²) in [5, 5.41) is 8.20. The lowest BCUT2D eigenvalue weighted by atomic mass is 9.73. The van der Waals surface area contributed by atoms with E-state index in [0.29, 0.717) is 23.9 Å². The zero-order valence-electron chi connectivity index (χ0n) is 17.2. The van der Waals surface area contributed by atoms with E-state index in [4.69, 9.17) is 14.8 Å². The molecular formula is C23H23N5O2. The summed E-state index contributed by atoms with van der Waals surface area (Å²) < 4.78 is 7.30. The van der Waals surface area contributed by atoms with E-state index in [2.05, 4.69) is 24.1 Å². The third-order valence-electron chi connectivity index (χ3n) is 5.68. The molecule has 0 amide bonds. The van der Waals surface area contributed by atoms with Gasteiger partial charge in [0.05, 0.1) is 12.7 Å². The molecule has 3 aromatic rings. The molecule has 0 spiro atoms. The monoisotopic (exact) mass is 401 g/mol. The van der Waals surface area contributed by atoms with E-state index in [-0.39, 0.29) is 17.2 Å². The van der Waals surface area contributed by atoms with Gasteiger partial charge in [-0.2, -0.15) is 4.98 Å². The first kappa shape index (κ1) is 18.5. The highest BCUT2D eigenvalue weighted by Gasteiger charge is 2.42. The van der Waals surface area contributed by atoms with Crippen LogP contribution in [0.3, 0.4) is 0 Å². The van der Waals surface area contributed by atoms with E-state index in [1.54, 1.807) is 24.2 Å². The Bertz CT molecular complexity index is 1160. The number of anilines is 1. The molecule has 5 rings (SSSR count). The number of carbonyl (C=O) groups excluding carboxylic acids is 1. The number of pyridine rings is 1. The number of allylic oxidation sites excluding steroid dienone is 2. The van der Waals surface area contributed by atoms with E-state index in [1.807, 2.05) is 36.4 Å². The van der Waals surface area contributed by atoms with Crippen LogP contribution in [0, 0.1) is 5.41 Å². The number of rotatable bonds is 3. The standard InChI is InChI=1S/C23H23N5O2/c1-23(2)11-16-19(17(29)12-23)20(14-7-6-10-24-13-14)28-22(25-16)26-21(27-28)15-8-4-5-9-18(15)30-3/h4-10,13,20H,11-12H2,1-3H3,(H,25,26,27). The van der Waals surface area contributed by atoms with Crippen LogP contribution in [0.25, 0.3) is 11.4 Å². The van der Waals surface area contributed by atoms with E-state index in [9.17, 15) is 4.79 Å². The van der Waals surface area contributed by atoms with Crippen LogP contribution in [0.15, 0.2) is 60.1 Å². The van der Waals surface area contributed by atoms with Gasteiger partial charge in [0.2, 0.25) is 5.95 Å². The number of hydrogen-bond acceptors (Lipinski definition) is 6. The van der Waals surface area contributed by atoms with Crippen LogP contribution in [-0.2, 0) is 4.79 Å². The highest BCUT2D eigenvalue weighted by Crippen LogP contribution is 2.45. The number of Topliss-reactive ketones (excluding diaryl/α,β-unsaturated/α-hetero) is 1. The van der Waals surface area contributed by atoms with Crippen LogP contribution in [0.4, 0.5) is 5.95 Å². The first-order chi connectivity index (χ1) is 14.5. The van der Waals surface area contributed by atoms with Crippen LogP contribution < -0.4 is 10.1 Å². The minimum absolute atomic E-state index is 0.101. The number of carbonyl (C=O) groups is 1. The van der Waals surface area contributed by atoms with E-state index < -0.39 is 0 Å². The molecule has 3 heterocycles. The largest absolute Gasteiger partial charge is 0.496 e. The summed E-state index contributed by atoms with van der Waals surface area (Å²) in [6.45, 7) is 4.24. The maximum atomic E-state index is 13.2. The Kier molecular flexibility index (Phi) is 4.20. The number of fused-ring (bicyclic) bond motifs is 1. The summed E-state index contributed by atoms with van der Waals surface area (Å²) >= 11 is 0. The number of benzene rings is 1. The van der Waals surface area contributed by atoms with Crippen molar-refractivity contribution in [2.75, 3.05) is 12.4 Å². The van der Waals surface area contributed by atoms with Gasteiger partial charge in [-0.3, -0.25) is 9.78 Å². The number of methoxy groups -OCH3 is 1. The zero-order chi connectivity index (χ0) is 20.9. The van der Waals surface area contributed by atoms with Crippen molar-refractivity contribution in [2.45, 2.75) is 32.7 Å². The molecule has 7 heteroatoms. The van der Waals surface area contributed by atoms with Crippen molar-refractivity contribution in [3.63, 3.8) is 0 Å². The van der Waals surface area contributed by atoms with Gasteiger partial charge < -0.3 is 10.1 Å². The van der Waals surface area contributed by atoms with Crippen molar-refractivity contribution in [3.8, 4) is 17.1 Å². The normalized spacial score (nSPS) is 19.7. The van der Waals surface area contributed by atoms with Gasteiger partial charge in [-0.1, -0.05) is 32.0 Å². The Morgan fingerprint density at radius 2 is 2.00 bits per heavy atom. The quantitative estimate of drug-likeness (QED) is 0.714. The minimum Gasteiger partial charge on any atom is -0.496 e. The van der Waals surface area contributed by atoms with E-state index in [1.165, 1.54) is 0 Å². The fourth-order valence-corrected chi connectivity index (χ4v) is 4.40. The van der Waals surface area contributed by atoms with Crippen molar-refractivity contribution >= 4 is 11.7 Å². The highest BCUT2D eigenvalue weighted by molar-refractivity contribution is 6.00. The summed E-state index contributed by atoms with van der Waals surface area (Å²) in [5.41, 5.74) is 3.30. The second-order valence-corrected chi connectivity index (χ2v) is 8.55. The maximum Gasteiger partial charge on any atom is 0.226 e. The number of ketones is 1. The van der Waals surface area contributed by atoms with Gasteiger partial charge in [-0.05, 0) is 35.6 Å². The van der Waals surface area contributed by atoms with Crippen LogP contribution in [0.1, 0.15) is 38.3 Å². The van der Waals surface area contributed by atoms with Gasteiger partial charge in [0.15, 0.2) is 11.6 Å². The third kappa shape index (κ3) is 2.98. The predicted octanol–water partition coefficient (Wildman–Crippen LogP) is 4.01. The average Bonchev–Trinajstić information content (AvgIpc) is 3.15. The Labute approximate surface area is 174 Å². The van der Waals surface area contributed by atoms with Crippen LogP contribution >= 0.6 is 0 Å². The average molecular weight is 401 g/mol. The molecule has 1 unspecified atom stereocenters. The second kappa shape index (κ2) is 6.79. The third-order valence-corrected chi connectivity index (χ3v) is 5.68. The Morgan fingerprint density at radius 1 is 1.17 bits per heavy atom. The maximum absolute atomic E-state index is 13.2. The molecule has 1 aromatic carbocycles. The molecule has 0 radical (unpaired) electrons. The first-order valence-electron chi connectivity index (χ1n) is 10.00. The number of ether oxygens (including phenoxy) is 1. The molecule has 7 nitrogen and oxygen atoms in total. The zero-order valence-corrected chi connectivity index (χ0v) is 17.2. The summed E-state index contributed by atoms with van der Waals surface area (Å²) in [6.07, 6.45) is 4.81. The minimum atomic E-state index is -0.357. The first-order valence-corrected chi connectivity index (χ1v) is 10.00. The van der Waals surface area contributed by atoms with E-state index in [0.717, 1.165) is 28.8 Å². The second-order valence-electron chi connectivity index (χ2n) is 8.55. The molecule has 0 bridgehead atoms. The van der Waals surface area contributed by atoms with Gasteiger partial charge in [-0.25, -0.2) is 4.68 Å². The van der Waals surface area contributed by atoms with Crippen molar-refractivity contribution in [1.82, 2.24) is 19.7 Å². The molecular weight excluding hydrogens is 378 g/mol. The van der Waals surface area contributed by atoms with Crippen LogP contribution in [0.2, 0.25) is 0 Å². The molecule has 0 saturated heterocycles. The topological polar surface area (TPSA) is 81.9 Å². The summed E-state index contributed by atoms with van der Waals surface area (Å²) in [5.74, 6) is 2.01. The van der Waals surface area contributed by atoms with Crippen molar-refractivity contribution in [2.24, 2.45) is 5.41 Å². The number of hydrogen-bond donors (Lipinski definition) is 1. The molecule has 30 heavy (non-hydrogen) atoms. The van der Waals surface area contributed by atoms with E-state index >= 15 is 0 Å². The molecule has 1 N–H and O–H groups in total. The summed E-state index contributed by atoms with van der Waals surface area (Å²) in [6, 6.07) is 11.2. The summed E-state index contributed by atoms with van der Waals surface area (Å²) in [7, 11) is 1.63. The van der Waals surface area contributed by atoms with Gasteiger partial charge in [0.1, 0.15) is 11.8 Å². The number of aromatic nitrogens is 4. The Balaban J connectivity index is 1.69. The number of para-hydroxylation sites is 1. The molecule has 2 aromatic heterocycles. The smallest absolute Gasteiger partial charge is 0.226 e. The SMILES string of the molecule is COc1ccccc1-c1nc2n(n1)C(c1cccnc1)C1=C(CC(C)(C)CC1=O)N2. The molecule has 0 fully saturated rings. The highest BCUT2D eigenvalue weighted by atomic mass is 16.5. The molecule has 0 saturated carbocycles.